The van der Waals surface area contributed by atoms with Crippen LogP contribution >= 0.6 is 0 Å². The summed E-state index contributed by atoms with van der Waals surface area (Å²) in [4.78, 5) is 26.7. The van der Waals surface area contributed by atoms with Crippen molar-refractivity contribution in [3.8, 4) is 0 Å². The van der Waals surface area contributed by atoms with Crippen LogP contribution in [0.15, 0.2) is 22.6 Å². The van der Waals surface area contributed by atoms with Crippen LogP contribution < -0.4 is 10.6 Å². The minimum atomic E-state index is -0.201. The number of nitrogens with zero attached hydrogens (tertiary/aromatic N) is 1. The highest BCUT2D eigenvalue weighted by atomic mass is 16.3. The zero-order chi connectivity index (χ0) is 13.8. The fourth-order valence-electron chi connectivity index (χ4n) is 1.70. The molecule has 0 bridgehead atoms. The average Bonchev–Trinajstić information content (AvgIpc) is 2.73. The molecule has 2 N–H and O–H groups in total. The quantitative estimate of drug-likeness (QED) is 0.804. The predicted molar refractivity (Wildman–Crippen MR) is 69.8 cm³/mol. The van der Waals surface area contributed by atoms with Crippen LogP contribution in [0.25, 0.3) is 11.1 Å². The van der Waals surface area contributed by atoms with Gasteiger partial charge in [-0.2, -0.15) is 0 Å². The fraction of sp³-hybridized carbons (Fsp3) is 0.308. The van der Waals surface area contributed by atoms with E-state index >= 15 is 0 Å². The van der Waals surface area contributed by atoms with Crippen molar-refractivity contribution in [3.63, 3.8) is 0 Å². The van der Waals surface area contributed by atoms with Crippen molar-refractivity contribution < 1.29 is 14.0 Å². The van der Waals surface area contributed by atoms with E-state index in [4.69, 9.17) is 4.42 Å². The number of carbonyl (C=O) groups is 2. The van der Waals surface area contributed by atoms with E-state index in [2.05, 4.69) is 15.6 Å². The molecule has 6 nitrogen and oxygen atoms in total. The zero-order valence-corrected chi connectivity index (χ0v) is 10.8. The smallest absolute Gasteiger partial charge is 0.251 e. The Morgan fingerprint density at radius 3 is 2.74 bits per heavy atom. The van der Waals surface area contributed by atoms with Gasteiger partial charge in [-0.25, -0.2) is 4.98 Å². The molecule has 2 aromatic rings. The number of amides is 2. The van der Waals surface area contributed by atoms with Crippen LogP contribution in [0, 0.1) is 6.92 Å². The first kappa shape index (κ1) is 13.1. The van der Waals surface area contributed by atoms with Crippen molar-refractivity contribution in [1.82, 2.24) is 15.6 Å². The van der Waals surface area contributed by atoms with Gasteiger partial charge in [0.2, 0.25) is 5.91 Å². The first-order valence-corrected chi connectivity index (χ1v) is 5.96. The highest BCUT2D eigenvalue weighted by molar-refractivity contribution is 5.97. The van der Waals surface area contributed by atoms with Crippen molar-refractivity contribution in [2.75, 3.05) is 13.1 Å². The lowest BCUT2D eigenvalue weighted by Gasteiger charge is -2.05. The third-order valence-electron chi connectivity index (χ3n) is 2.54. The van der Waals surface area contributed by atoms with Crippen molar-refractivity contribution in [1.29, 1.82) is 0 Å². The maximum Gasteiger partial charge on any atom is 0.251 e. The molecule has 0 aliphatic heterocycles. The Morgan fingerprint density at radius 2 is 2.00 bits per heavy atom. The molecule has 0 atom stereocenters. The van der Waals surface area contributed by atoms with Crippen LogP contribution in [0.3, 0.4) is 0 Å². The van der Waals surface area contributed by atoms with Crippen LogP contribution in [0.1, 0.15) is 23.2 Å². The Balaban J connectivity index is 1.98. The number of benzene rings is 1. The summed E-state index contributed by atoms with van der Waals surface area (Å²) in [5.74, 6) is 0.250. The topological polar surface area (TPSA) is 84.2 Å². The maximum absolute atomic E-state index is 11.9. The van der Waals surface area contributed by atoms with E-state index in [0.29, 0.717) is 35.6 Å². The summed E-state index contributed by atoms with van der Waals surface area (Å²) in [5, 5.41) is 5.32. The van der Waals surface area contributed by atoms with Gasteiger partial charge >= 0.3 is 0 Å². The van der Waals surface area contributed by atoms with Gasteiger partial charge in [-0.15, -0.1) is 0 Å². The lowest BCUT2D eigenvalue weighted by molar-refractivity contribution is -0.118. The lowest BCUT2D eigenvalue weighted by atomic mass is 10.2. The van der Waals surface area contributed by atoms with Crippen molar-refractivity contribution in [3.05, 3.63) is 29.7 Å². The van der Waals surface area contributed by atoms with Crippen LogP contribution in [0.4, 0.5) is 0 Å². The van der Waals surface area contributed by atoms with Crippen molar-refractivity contribution in [2.45, 2.75) is 13.8 Å². The molecular formula is C13H15N3O3. The number of hydrogen-bond donors (Lipinski definition) is 2. The number of carbonyl (C=O) groups excluding carboxylic acids is 2. The number of oxazole rings is 1. The van der Waals surface area contributed by atoms with Gasteiger partial charge < -0.3 is 15.1 Å². The molecule has 100 valence electrons. The lowest BCUT2D eigenvalue weighted by Crippen LogP contribution is -2.33. The SMILES string of the molecule is CC(=O)NCCNC(=O)c1ccc2oc(C)nc2c1. The largest absolute Gasteiger partial charge is 0.441 e. The van der Waals surface area contributed by atoms with Crippen molar-refractivity contribution in [2.24, 2.45) is 0 Å². The normalized spacial score (nSPS) is 10.4. The van der Waals surface area contributed by atoms with Gasteiger partial charge in [-0.3, -0.25) is 9.59 Å². The monoisotopic (exact) mass is 261 g/mol. The second-order valence-electron chi connectivity index (χ2n) is 4.15. The molecule has 2 rings (SSSR count). The first-order valence-electron chi connectivity index (χ1n) is 5.96. The van der Waals surface area contributed by atoms with Crippen LogP contribution in [-0.2, 0) is 4.79 Å². The van der Waals surface area contributed by atoms with Gasteiger partial charge in [0, 0.05) is 32.5 Å². The first-order chi connectivity index (χ1) is 9.06. The number of aryl methyl sites for hydroxylation is 1. The fourth-order valence-corrected chi connectivity index (χ4v) is 1.70. The van der Waals surface area contributed by atoms with Gasteiger partial charge in [0.15, 0.2) is 11.5 Å². The second-order valence-corrected chi connectivity index (χ2v) is 4.15. The van der Waals surface area contributed by atoms with Gasteiger partial charge in [-0.05, 0) is 18.2 Å². The van der Waals surface area contributed by atoms with Crippen LogP contribution in [0.5, 0.6) is 0 Å². The van der Waals surface area contributed by atoms with Gasteiger partial charge in [-0.1, -0.05) is 0 Å². The van der Waals surface area contributed by atoms with E-state index in [0.717, 1.165) is 0 Å². The summed E-state index contributed by atoms with van der Waals surface area (Å²) in [6.07, 6.45) is 0. The molecule has 0 aliphatic rings. The van der Waals surface area contributed by atoms with Crippen molar-refractivity contribution >= 4 is 22.9 Å². The number of hydrogen-bond acceptors (Lipinski definition) is 4. The number of nitrogens with one attached hydrogen (secondary N) is 2. The summed E-state index contributed by atoms with van der Waals surface area (Å²) in [7, 11) is 0. The Hall–Kier alpha value is -2.37. The third-order valence-corrected chi connectivity index (χ3v) is 2.54. The summed E-state index contributed by atoms with van der Waals surface area (Å²) in [5.41, 5.74) is 1.84. The Kier molecular flexibility index (Phi) is 3.79. The highest BCUT2D eigenvalue weighted by Gasteiger charge is 2.08. The average molecular weight is 261 g/mol. The van der Waals surface area contributed by atoms with E-state index in [1.807, 2.05) is 0 Å². The number of rotatable bonds is 4. The summed E-state index contributed by atoms with van der Waals surface area (Å²) < 4.78 is 5.34. The molecule has 1 heterocycles. The number of aromatic nitrogens is 1. The molecule has 0 fully saturated rings. The summed E-state index contributed by atoms with van der Waals surface area (Å²) in [6, 6.07) is 5.08. The standard InChI is InChI=1S/C13H15N3O3/c1-8(17)14-5-6-15-13(18)10-3-4-12-11(7-10)16-9(2)19-12/h3-4,7H,5-6H2,1-2H3,(H,14,17)(H,15,18). The van der Waals surface area contributed by atoms with Gasteiger partial charge in [0.25, 0.3) is 5.91 Å². The highest BCUT2D eigenvalue weighted by Crippen LogP contribution is 2.16. The van der Waals surface area contributed by atoms with E-state index in [9.17, 15) is 9.59 Å². The molecule has 0 saturated heterocycles. The minimum absolute atomic E-state index is 0.117. The minimum Gasteiger partial charge on any atom is -0.441 e. The molecule has 0 spiro atoms. The van der Waals surface area contributed by atoms with Crippen LogP contribution in [0.2, 0.25) is 0 Å². The van der Waals surface area contributed by atoms with Crippen LogP contribution in [-0.4, -0.2) is 29.9 Å². The molecule has 0 unspecified atom stereocenters. The summed E-state index contributed by atoms with van der Waals surface area (Å²) >= 11 is 0. The molecule has 0 aliphatic carbocycles. The van der Waals surface area contributed by atoms with E-state index < -0.39 is 0 Å². The maximum atomic E-state index is 11.9. The molecule has 1 aromatic heterocycles. The molecule has 19 heavy (non-hydrogen) atoms. The molecule has 1 aromatic carbocycles. The number of fused-ring (bicyclic) bond motifs is 1. The predicted octanol–water partition coefficient (Wildman–Crippen LogP) is 1.00. The van der Waals surface area contributed by atoms with E-state index in [1.54, 1.807) is 25.1 Å². The molecule has 6 heteroatoms. The summed E-state index contributed by atoms with van der Waals surface area (Å²) in [6.45, 7) is 3.98. The Morgan fingerprint density at radius 1 is 1.26 bits per heavy atom. The van der Waals surface area contributed by atoms with E-state index in [1.165, 1.54) is 6.92 Å². The third kappa shape index (κ3) is 3.31. The van der Waals surface area contributed by atoms with Gasteiger partial charge in [0.05, 0.1) is 0 Å². The Labute approximate surface area is 110 Å². The van der Waals surface area contributed by atoms with Gasteiger partial charge in [0.1, 0.15) is 5.52 Å². The zero-order valence-electron chi connectivity index (χ0n) is 10.8. The molecule has 0 radical (unpaired) electrons. The molecule has 2 amide bonds. The molecular weight excluding hydrogens is 246 g/mol. The second kappa shape index (κ2) is 5.51. The Bertz CT molecular complexity index is 619. The van der Waals surface area contributed by atoms with E-state index in [-0.39, 0.29) is 11.8 Å². The molecule has 0 saturated carbocycles.